The van der Waals surface area contributed by atoms with Crippen LogP contribution in [0.2, 0.25) is 0 Å². The molecule has 5 nitrogen and oxygen atoms in total. The predicted octanol–water partition coefficient (Wildman–Crippen LogP) is 4.28. The summed E-state index contributed by atoms with van der Waals surface area (Å²) in [5.74, 6) is 0.568. The first-order chi connectivity index (χ1) is 13.0. The average molecular weight is 381 g/mol. The van der Waals surface area contributed by atoms with Crippen molar-refractivity contribution in [3.8, 4) is 0 Å². The molecule has 0 aliphatic rings. The first-order valence-electron chi connectivity index (χ1n) is 8.72. The Balaban J connectivity index is 1.76. The first kappa shape index (κ1) is 19.0. The van der Waals surface area contributed by atoms with Crippen LogP contribution in [-0.2, 0) is 6.54 Å². The Bertz CT molecular complexity index is 932. The Kier molecular flexibility index (Phi) is 5.86. The van der Waals surface area contributed by atoms with Gasteiger partial charge in [-0.1, -0.05) is 18.2 Å². The molecule has 1 N–H and O–H groups in total. The van der Waals surface area contributed by atoms with Crippen LogP contribution in [0.3, 0.4) is 0 Å². The molecule has 1 heterocycles. The minimum atomic E-state index is -0.117. The SMILES string of the molecule is CSc1ccc(C)c(C(=O)Nc2ccnn2Cc2ccc(N(C)C)cc2)c1. The topological polar surface area (TPSA) is 50.2 Å². The minimum Gasteiger partial charge on any atom is -0.378 e. The highest BCUT2D eigenvalue weighted by Crippen LogP contribution is 2.21. The number of amides is 1. The monoisotopic (exact) mass is 380 g/mol. The van der Waals surface area contributed by atoms with Gasteiger partial charge in [0.05, 0.1) is 12.7 Å². The molecule has 0 saturated heterocycles. The summed E-state index contributed by atoms with van der Waals surface area (Å²) in [4.78, 5) is 15.9. The number of thioether (sulfide) groups is 1. The first-order valence-corrected chi connectivity index (χ1v) is 9.94. The molecule has 6 heteroatoms. The lowest BCUT2D eigenvalue weighted by atomic mass is 10.1. The summed E-state index contributed by atoms with van der Waals surface area (Å²) in [6.07, 6.45) is 3.71. The van der Waals surface area contributed by atoms with Crippen molar-refractivity contribution >= 4 is 29.2 Å². The number of hydrogen-bond donors (Lipinski definition) is 1. The Morgan fingerprint density at radius 3 is 2.56 bits per heavy atom. The number of carbonyl (C=O) groups is 1. The number of carbonyl (C=O) groups excluding carboxylic acids is 1. The van der Waals surface area contributed by atoms with Crippen molar-refractivity contribution < 1.29 is 4.79 Å². The summed E-state index contributed by atoms with van der Waals surface area (Å²) in [7, 11) is 4.04. The number of anilines is 2. The van der Waals surface area contributed by atoms with Gasteiger partial charge in [0.25, 0.3) is 5.91 Å². The normalized spacial score (nSPS) is 10.7. The molecule has 0 atom stereocenters. The summed E-state index contributed by atoms with van der Waals surface area (Å²) >= 11 is 1.62. The summed E-state index contributed by atoms with van der Waals surface area (Å²) in [5.41, 5.74) is 3.91. The second kappa shape index (κ2) is 8.31. The van der Waals surface area contributed by atoms with E-state index in [1.807, 2.05) is 51.5 Å². The fraction of sp³-hybridized carbons (Fsp3) is 0.238. The number of nitrogens with zero attached hydrogens (tertiary/aromatic N) is 3. The zero-order valence-corrected chi connectivity index (χ0v) is 16.9. The molecule has 1 aromatic heterocycles. The second-order valence-electron chi connectivity index (χ2n) is 6.57. The fourth-order valence-corrected chi connectivity index (χ4v) is 3.23. The molecule has 0 saturated carbocycles. The van der Waals surface area contributed by atoms with E-state index in [0.29, 0.717) is 17.9 Å². The van der Waals surface area contributed by atoms with E-state index in [1.165, 1.54) is 0 Å². The Hall–Kier alpha value is -2.73. The van der Waals surface area contributed by atoms with E-state index < -0.39 is 0 Å². The quantitative estimate of drug-likeness (QED) is 0.649. The molecular weight excluding hydrogens is 356 g/mol. The van der Waals surface area contributed by atoms with Gasteiger partial charge in [0, 0.05) is 36.3 Å². The molecule has 3 rings (SSSR count). The lowest BCUT2D eigenvalue weighted by molar-refractivity contribution is 0.102. The highest BCUT2D eigenvalue weighted by Gasteiger charge is 2.13. The molecule has 0 radical (unpaired) electrons. The van der Waals surface area contributed by atoms with Crippen molar-refractivity contribution in [2.45, 2.75) is 18.4 Å². The molecule has 140 valence electrons. The smallest absolute Gasteiger partial charge is 0.257 e. The summed E-state index contributed by atoms with van der Waals surface area (Å²) in [6.45, 7) is 2.54. The van der Waals surface area contributed by atoms with E-state index >= 15 is 0 Å². The van der Waals surface area contributed by atoms with Crippen molar-refractivity contribution in [1.29, 1.82) is 0 Å². The lowest BCUT2D eigenvalue weighted by Gasteiger charge is -2.14. The van der Waals surface area contributed by atoms with Crippen LogP contribution < -0.4 is 10.2 Å². The van der Waals surface area contributed by atoms with Gasteiger partial charge < -0.3 is 10.2 Å². The van der Waals surface area contributed by atoms with Crippen LogP contribution in [0.4, 0.5) is 11.5 Å². The number of benzene rings is 2. The molecule has 27 heavy (non-hydrogen) atoms. The second-order valence-corrected chi connectivity index (χ2v) is 7.45. The average Bonchev–Trinajstić information content (AvgIpc) is 3.09. The summed E-state index contributed by atoms with van der Waals surface area (Å²) < 4.78 is 1.80. The lowest BCUT2D eigenvalue weighted by Crippen LogP contribution is -2.17. The number of rotatable bonds is 6. The van der Waals surface area contributed by atoms with Gasteiger partial charge in [0.1, 0.15) is 5.82 Å². The van der Waals surface area contributed by atoms with E-state index in [4.69, 9.17) is 0 Å². The largest absolute Gasteiger partial charge is 0.378 e. The molecule has 0 unspecified atom stereocenters. The van der Waals surface area contributed by atoms with E-state index in [2.05, 4.69) is 39.6 Å². The van der Waals surface area contributed by atoms with Crippen LogP contribution >= 0.6 is 11.8 Å². The van der Waals surface area contributed by atoms with Crippen molar-refractivity contribution in [3.63, 3.8) is 0 Å². The maximum absolute atomic E-state index is 12.8. The number of hydrogen-bond acceptors (Lipinski definition) is 4. The maximum atomic E-state index is 12.8. The highest BCUT2D eigenvalue weighted by molar-refractivity contribution is 7.98. The van der Waals surface area contributed by atoms with Crippen LogP contribution in [-0.4, -0.2) is 36.0 Å². The standard InChI is InChI=1S/C21H24N4OS/c1-15-5-10-18(27-4)13-19(15)21(26)23-20-11-12-22-25(20)14-16-6-8-17(9-7-16)24(2)3/h5-13H,14H2,1-4H3,(H,23,26). The van der Waals surface area contributed by atoms with E-state index in [0.717, 1.165) is 21.7 Å². The van der Waals surface area contributed by atoms with Crippen LogP contribution in [0.25, 0.3) is 0 Å². The van der Waals surface area contributed by atoms with Crippen LogP contribution in [0.5, 0.6) is 0 Å². The van der Waals surface area contributed by atoms with Gasteiger partial charge in [0.15, 0.2) is 0 Å². The third kappa shape index (κ3) is 4.52. The van der Waals surface area contributed by atoms with Crippen LogP contribution in [0, 0.1) is 6.92 Å². The molecule has 3 aromatic rings. The molecule has 0 fully saturated rings. The molecule has 1 amide bonds. The molecule has 0 aliphatic carbocycles. The predicted molar refractivity (Wildman–Crippen MR) is 113 cm³/mol. The zero-order valence-electron chi connectivity index (χ0n) is 16.1. The molecular formula is C21H24N4OS. The Morgan fingerprint density at radius 2 is 1.89 bits per heavy atom. The molecule has 0 bridgehead atoms. The van der Waals surface area contributed by atoms with Gasteiger partial charge >= 0.3 is 0 Å². The Morgan fingerprint density at radius 1 is 1.15 bits per heavy atom. The van der Waals surface area contributed by atoms with Gasteiger partial charge in [-0.05, 0) is 48.6 Å². The maximum Gasteiger partial charge on any atom is 0.257 e. The number of aromatic nitrogens is 2. The van der Waals surface area contributed by atoms with Crippen molar-refractivity contribution in [1.82, 2.24) is 9.78 Å². The van der Waals surface area contributed by atoms with Gasteiger partial charge in [-0.15, -0.1) is 11.8 Å². The number of aryl methyl sites for hydroxylation is 1. The van der Waals surface area contributed by atoms with E-state index in [-0.39, 0.29) is 5.91 Å². The van der Waals surface area contributed by atoms with Gasteiger partial charge in [-0.2, -0.15) is 5.10 Å². The summed E-state index contributed by atoms with van der Waals surface area (Å²) in [5, 5.41) is 7.35. The van der Waals surface area contributed by atoms with Crippen molar-refractivity contribution in [3.05, 3.63) is 71.4 Å². The van der Waals surface area contributed by atoms with Crippen molar-refractivity contribution in [2.75, 3.05) is 30.6 Å². The Labute approximate surface area is 164 Å². The van der Waals surface area contributed by atoms with Crippen LogP contribution in [0.15, 0.2) is 59.6 Å². The molecule has 0 aliphatic heterocycles. The third-order valence-electron chi connectivity index (χ3n) is 4.43. The molecule has 0 spiro atoms. The van der Waals surface area contributed by atoms with Crippen LogP contribution in [0.1, 0.15) is 21.5 Å². The van der Waals surface area contributed by atoms with E-state index in [9.17, 15) is 4.79 Å². The van der Waals surface area contributed by atoms with E-state index in [1.54, 1.807) is 22.6 Å². The van der Waals surface area contributed by atoms with Crippen molar-refractivity contribution in [2.24, 2.45) is 0 Å². The van der Waals surface area contributed by atoms with Gasteiger partial charge in [-0.3, -0.25) is 4.79 Å². The fourth-order valence-electron chi connectivity index (χ4n) is 2.79. The minimum absolute atomic E-state index is 0.117. The molecule has 2 aromatic carbocycles. The highest BCUT2D eigenvalue weighted by atomic mass is 32.2. The van der Waals surface area contributed by atoms with Gasteiger partial charge in [-0.25, -0.2) is 4.68 Å². The third-order valence-corrected chi connectivity index (χ3v) is 5.16. The van der Waals surface area contributed by atoms with Gasteiger partial charge in [0.2, 0.25) is 0 Å². The zero-order chi connectivity index (χ0) is 19.4. The number of nitrogens with one attached hydrogen (secondary N) is 1. The summed E-state index contributed by atoms with van der Waals surface area (Å²) in [6, 6.07) is 16.1.